The van der Waals surface area contributed by atoms with Gasteiger partial charge in [-0.3, -0.25) is 0 Å². The van der Waals surface area contributed by atoms with E-state index >= 15 is 0 Å². The lowest BCUT2D eigenvalue weighted by Gasteiger charge is -2.38. The average molecular weight is 342 g/mol. The lowest BCUT2D eigenvalue weighted by Crippen LogP contribution is -2.40. The third-order valence-corrected chi connectivity index (χ3v) is 6.85. The molecule has 2 saturated carbocycles. The fourth-order valence-electron chi connectivity index (χ4n) is 4.36. The minimum atomic E-state index is 0.558. The smallest absolute Gasteiger partial charge is 0.0285 e. The highest BCUT2D eigenvalue weighted by atomic mass is 79.9. The molecule has 0 radical (unpaired) electrons. The van der Waals surface area contributed by atoms with Crippen LogP contribution >= 0.6 is 27.3 Å². The first kappa shape index (κ1) is 14.1. The van der Waals surface area contributed by atoms with Gasteiger partial charge in [-0.1, -0.05) is 13.3 Å². The number of rotatable bonds is 6. The molecule has 0 amide bonds. The molecule has 1 aromatic rings. The molecular weight excluding hydrogens is 318 g/mol. The summed E-state index contributed by atoms with van der Waals surface area (Å²) < 4.78 is 1.26. The first-order chi connectivity index (χ1) is 9.22. The van der Waals surface area contributed by atoms with Crippen LogP contribution in [0.1, 0.15) is 43.9 Å². The highest BCUT2D eigenvalue weighted by Gasteiger charge is 2.50. The highest BCUT2D eigenvalue weighted by molar-refractivity contribution is 9.10. The van der Waals surface area contributed by atoms with Gasteiger partial charge in [0.05, 0.1) is 0 Å². The highest BCUT2D eigenvalue weighted by Crippen LogP contribution is 2.57. The van der Waals surface area contributed by atoms with Crippen LogP contribution < -0.4 is 5.32 Å². The lowest BCUT2D eigenvalue weighted by atomic mass is 9.70. The van der Waals surface area contributed by atoms with Gasteiger partial charge >= 0.3 is 0 Å². The molecule has 2 fully saturated rings. The fourth-order valence-corrected chi connectivity index (χ4v) is 5.97. The van der Waals surface area contributed by atoms with E-state index in [1.807, 2.05) is 11.3 Å². The van der Waals surface area contributed by atoms with Gasteiger partial charge in [-0.05, 0) is 77.9 Å². The summed E-state index contributed by atoms with van der Waals surface area (Å²) in [7, 11) is 0. The first-order valence-electron chi connectivity index (χ1n) is 7.65. The zero-order valence-corrected chi connectivity index (χ0v) is 14.2. The molecule has 3 rings (SSSR count). The third kappa shape index (κ3) is 2.93. The third-order valence-electron chi connectivity index (χ3n) is 5.15. The summed E-state index contributed by atoms with van der Waals surface area (Å²) in [5.41, 5.74) is 0.558. The standard InChI is InChI=1S/C16H24BrNS/c1-2-5-18-11-16(8-12-3-4-13(16)6-12)9-15-7-14(17)10-19-15/h7,10,12-13,18H,2-6,8-9,11H2,1H3. The Labute approximate surface area is 129 Å². The zero-order valence-electron chi connectivity index (χ0n) is 11.8. The van der Waals surface area contributed by atoms with Gasteiger partial charge in [0.25, 0.3) is 0 Å². The van der Waals surface area contributed by atoms with Crippen molar-refractivity contribution in [1.29, 1.82) is 0 Å². The molecule has 3 atom stereocenters. The maximum atomic E-state index is 3.72. The summed E-state index contributed by atoms with van der Waals surface area (Å²) in [4.78, 5) is 1.57. The largest absolute Gasteiger partial charge is 0.316 e. The van der Waals surface area contributed by atoms with Crippen LogP contribution in [-0.4, -0.2) is 13.1 Å². The molecule has 1 N–H and O–H groups in total. The molecule has 0 aliphatic heterocycles. The summed E-state index contributed by atoms with van der Waals surface area (Å²) in [5, 5.41) is 5.95. The van der Waals surface area contributed by atoms with E-state index in [1.54, 1.807) is 4.88 Å². The average Bonchev–Trinajstić information content (AvgIpc) is 3.06. The Morgan fingerprint density at radius 2 is 2.37 bits per heavy atom. The summed E-state index contributed by atoms with van der Waals surface area (Å²) in [6, 6.07) is 2.33. The van der Waals surface area contributed by atoms with Gasteiger partial charge in [-0.15, -0.1) is 11.3 Å². The molecule has 2 bridgehead atoms. The van der Waals surface area contributed by atoms with Crippen molar-refractivity contribution >= 4 is 27.3 Å². The number of halogens is 1. The van der Waals surface area contributed by atoms with Crippen molar-refractivity contribution in [3.05, 3.63) is 20.8 Å². The Kier molecular flexibility index (Phi) is 4.35. The Hall–Kier alpha value is 0.140. The van der Waals surface area contributed by atoms with Crippen LogP contribution in [0.2, 0.25) is 0 Å². The van der Waals surface area contributed by atoms with Crippen molar-refractivity contribution in [3.63, 3.8) is 0 Å². The topological polar surface area (TPSA) is 12.0 Å². The number of nitrogens with one attached hydrogen (secondary N) is 1. The van der Waals surface area contributed by atoms with Crippen molar-refractivity contribution in [1.82, 2.24) is 5.32 Å². The van der Waals surface area contributed by atoms with E-state index < -0.39 is 0 Å². The van der Waals surface area contributed by atoms with Gasteiger partial charge < -0.3 is 5.32 Å². The zero-order chi connectivity index (χ0) is 13.3. The molecule has 1 aromatic heterocycles. The van der Waals surface area contributed by atoms with Crippen LogP contribution in [0, 0.1) is 17.3 Å². The molecule has 106 valence electrons. The molecule has 0 aromatic carbocycles. The van der Waals surface area contributed by atoms with Crippen LogP contribution in [0.15, 0.2) is 15.9 Å². The van der Waals surface area contributed by atoms with E-state index in [1.165, 1.54) is 56.1 Å². The predicted molar refractivity (Wildman–Crippen MR) is 86.8 cm³/mol. The van der Waals surface area contributed by atoms with E-state index in [2.05, 4.69) is 39.6 Å². The van der Waals surface area contributed by atoms with Crippen molar-refractivity contribution in [3.8, 4) is 0 Å². The van der Waals surface area contributed by atoms with Crippen molar-refractivity contribution in [2.75, 3.05) is 13.1 Å². The molecule has 0 saturated heterocycles. The molecule has 3 unspecified atom stereocenters. The number of hydrogen-bond acceptors (Lipinski definition) is 2. The van der Waals surface area contributed by atoms with Crippen LogP contribution in [0.4, 0.5) is 0 Å². The van der Waals surface area contributed by atoms with Gasteiger partial charge in [-0.25, -0.2) is 0 Å². The van der Waals surface area contributed by atoms with Crippen molar-refractivity contribution in [2.24, 2.45) is 17.3 Å². The van der Waals surface area contributed by atoms with E-state index in [0.717, 1.165) is 11.8 Å². The van der Waals surface area contributed by atoms with Gasteiger partial charge in [-0.2, -0.15) is 0 Å². The Morgan fingerprint density at radius 1 is 1.47 bits per heavy atom. The molecular formula is C16H24BrNS. The fraction of sp³-hybridized carbons (Fsp3) is 0.750. The van der Waals surface area contributed by atoms with Crippen LogP contribution in [0.25, 0.3) is 0 Å². The predicted octanol–water partition coefficient (Wildman–Crippen LogP) is 4.86. The summed E-state index contributed by atoms with van der Waals surface area (Å²) in [5.74, 6) is 2.00. The minimum Gasteiger partial charge on any atom is -0.316 e. The maximum Gasteiger partial charge on any atom is 0.0285 e. The molecule has 2 aliphatic rings. The Bertz CT molecular complexity index is 430. The minimum absolute atomic E-state index is 0.558. The van der Waals surface area contributed by atoms with Gasteiger partial charge in [0.15, 0.2) is 0 Å². The van der Waals surface area contributed by atoms with Gasteiger partial charge in [0.1, 0.15) is 0 Å². The van der Waals surface area contributed by atoms with Gasteiger partial charge in [0.2, 0.25) is 0 Å². The van der Waals surface area contributed by atoms with E-state index in [4.69, 9.17) is 0 Å². The summed E-state index contributed by atoms with van der Waals surface area (Å²) in [6.07, 6.45) is 8.47. The normalized spacial score (nSPS) is 33.2. The second kappa shape index (κ2) is 5.87. The molecule has 3 heteroatoms. The van der Waals surface area contributed by atoms with Crippen molar-refractivity contribution < 1.29 is 0 Å². The monoisotopic (exact) mass is 341 g/mol. The quantitative estimate of drug-likeness (QED) is 0.728. The molecule has 1 heterocycles. The number of fused-ring (bicyclic) bond motifs is 2. The molecule has 2 aliphatic carbocycles. The van der Waals surface area contributed by atoms with E-state index in [-0.39, 0.29) is 0 Å². The lowest BCUT2D eigenvalue weighted by molar-refractivity contribution is 0.158. The SMILES string of the molecule is CCCNCC1(Cc2cc(Br)cs2)CC2CCC1C2. The maximum absolute atomic E-state index is 3.72. The van der Waals surface area contributed by atoms with E-state index in [0.29, 0.717) is 5.41 Å². The Morgan fingerprint density at radius 3 is 2.95 bits per heavy atom. The van der Waals surface area contributed by atoms with Crippen LogP contribution in [0.3, 0.4) is 0 Å². The summed E-state index contributed by atoms with van der Waals surface area (Å²) in [6.45, 7) is 4.67. The van der Waals surface area contributed by atoms with E-state index in [9.17, 15) is 0 Å². The van der Waals surface area contributed by atoms with Crippen molar-refractivity contribution in [2.45, 2.75) is 45.4 Å². The second-order valence-electron chi connectivity index (χ2n) is 6.53. The van der Waals surface area contributed by atoms with Crippen LogP contribution in [-0.2, 0) is 6.42 Å². The van der Waals surface area contributed by atoms with Crippen LogP contribution in [0.5, 0.6) is 0 Å². The number of thiophene rings is 1. The first-order valence-corrected chi connectivity index (χ1v) is 9.33. The summed E-state index contributed by atoms with van der Waals surface area (Å²) >= 11 is 5.53. The Balaban J connectivity index is 1.73. The molecule has 0 spiro atoms. The second-order valence-corrected chi connectivity index (χ2v) is 8.44. The number of hydrogen-bond donors (Lipinski definition) is 1. The molecule has 1 nitrogen and oxygen atoms in total. The van der Waals surface area contributed by atoms with Gasteiger partial charge in [0, 0.05) is 21.3 Å². The molecule has 19 heavy (non-hydrogen) atoms.